The van der Waals surface area contributed by atoms with Crippen LogP contribution in [0.4, 0.5) is 0 Å². The molecule has 156 valence electrons. The fraction of sp³-hybridized carbons (Fsp3) is 0.429. The minimum atomic E-state index is 0. The van der Waals surface area contributed by atoms with Crippen LogP contribution in [0, 0.1) is 0 Å². The number of amides is 1. The van der Waals surface area contributed by atoms with Gasteiger partial charge < -0.3 is 20.3 Å². The van der Waals surface area contributed by atoms with Gasteiger partial charge in [-0.2, -0.15) is 0 Å². The Labute approximate surface area is 192 Å². The number of para-hydroxylation sites is 1. The molecule has 2 aliphatic rings. The number of nitrogens with zero attached hydrogens (tertiary/aromatic N) is 2. The maximum Gasteiger partial charge on any atom is 0.244 e. The van der Waals surface area contributed by atoms with Crippen molar-refractivity contribution < 1.29 is 9.53 Å². The Balaban J connectivity index is 0.00000240. The number of benzene rings is 1. The molecule has 2 aromatic rings. The second-order valence-electron chi connectivity index (χ2n) is 7.06. The normalized spacial score (nSPS) is 17.6. The monoisotopic (exact) mass is 526 g/mol. The summed E-state index contributed by atoms with van der Waals surface area (Å²) < 4.78 is 5.96. The molecule has 0 radical (unpaired) electrons. The number of carbonyl (C=O) groups is 1. The topological polar surface area (TPSA) is 66.0 Å². The smallest absolute Gasteiger partial charge is 0.244 e. The molecule has 1 unspecified atom stereocenters. The Hall–Kier alpha value is -1.81. The molecule has 0 fully saturated rings. The van der Waals surface area contributed by atoms with Crippen molar-refractivity contribution in [2.24, 2.45) is 4.99 Å². The number of ether oxygens (including phenoxy) is 1. The number of hydrogen-bond donors (Lipinski definition) is 2. The summed E-state index contributed by atoms with van der Waals surface area (Å²) in [6.45, 7) is 5.04. The van der Waals surface area contributed by atoms with Crippen LogP contribution in [0.3, 0.4) is 0 Å². The van der Waals surface area contributed by atoms with Gasteiger partial charge in [-0.15, -0.1) is 35.3 Å². The highest BCUT2D eigenvalue weighted by Gasteiger charge is 2.23. The molecule has 29 heavy (non-hydrogen) atoms. The van der Waals surface area contributed by atoms with Crippen LogP contribution in [-0.4, -0.2) is 49.0 Å². The predicted molar refractivity (Wildman–Crippen MR) is 127 cm³/mol. The fourth-order valence-electron chi connectivity index (χ4n) is 3.63. The lowest BCUT2D eigenvalue weighted by Gasteiger charge is -2.26. The minimum Gasteiger partial charge on any atom is -0.488 e. The SMILES string of the molecule is CCNC(=NCC(=O)N1CCc2sccc2C1)NCC1Cc2ccccc2O1.I. The third-order valence-corrected chi connectivity index (χ3v) is 6.11. The number of nitrogens with one attached hydrogen (secondary N) is 2. The van der Waals surface area contributed by atoms with E-state index in [1.165, 1.54) is 16.0 Å². The summed E-state index contributed by atoms with van der Waals surface area (Å²) >= 11 is 1.78. The summed E-state index contributed by atoms with van der Waals surface area (Å²) in [5.74, 6) is 1.69. The Morgan fingerprint density at radius 1 is 1.28 bits per heavy atom. The van der Waals surface area contributed by atoms with E-state index in [2.05, 4.69) is 33.1 Å². The standard InChI is InChI=1S/C21H26N4O2S.HI/c1-2-22-21(23-12-17-11-15-5-3-4-6-18(15)27-17)24-13-20(26)25-9-7-19-16(14-25)8-10-28-19;/h3-6,8,10,17H,2,7,9,11-14H2,1H3,(H2,22,23,24);1H. The Kier molecular flexibility index (Phi) is 7.77. The van der Waals surface area contributed by atoms with Gasteiger partial charge >= 0.3 is 0 Å². The molecule has 0 aliphatic carbocycles. The molecule has 0 saturated heterocycles. The van der Waals surface area contributed by atoms with E-state index in [0.717, 1.165) is 31.7 Å². The van der Waals surface area contributed by atoms with Gasteiger partial charge in [0.2, 0.25) is 5.91 Å². The van der Waals surface area contributed by atoms with Gasteiger partial charge in [0.05, 0.1) is 6.54 Å². The van der Waals surface area contributed by atoms with Crippen molar-refractivity contribution >= 4 is 47.2 Å². The van der Waals surface area contributed by atoms with Crippen molar-refractivity contribution in [2.45, 2.75) is 32.4 Å². The van der Waals surface area contributed by atoms with E-state index in [1.54, 1.807) is 11.3 Å². The number of hydrogen-bond acceptors (Lipinski definition) is 4. The van der Waals surface area contributed by atoms with Crippen molar-refractivity contribution in [3.8, 4) is 5.75 Å². The summed E-state index contributed by atoms with van der Waals surface area (Å²) in [6.07, 6.45) is 1.91. The summed E-state index contributed by atoms with van der Waals surface area (Å²) in [6, 6.07) is 10.3. The van der Waals surface area contributed by atoms with Crippen LogP contribution < -0.4 is 15.4 Å². The molecule has 0 bridgehead atoms. The van der Waals surface area contributed by atoms with Crippen LogP contribution >= 0.6 is 35.3 Å². The molecule has 3 heterocycles. The van der Waals surface area contributed by atoms with Crippen molar-refractivity contribution in [1.29, 1.82) is 0 Å². The first-order valence-corrected chi connectivity index (χ1v) is 10.7. The number of aliphatic imine (C=N–C) groups is 1. The summed E-state index contributed by atoms with van der Waals surface area (Å²) in [7, 11) is 0. The molecule has 1 amide bonds. The van der Waals surface area contributed by atoms with Crippen LogP contribution in [0.25, 0.3) is 0 Å². The van der Waals surface area contributed by atoms with Crippen LogP contribution in [0.2, 0.25) is 0 Å². The lowest BCUT2D eigenvalue weighted by molar-refractivity contribution is -0.130. The molecule has 0 saturated carbocycles. The quantitative estimate of drug-likeness (QED) is 0.358. The molecule has 4 rings (SSSR count). The highest BCUT2D eigenvalue weighted by molar-refractivity contribution is 14.0. The van der Waals surface area contributed by atoms with E-state index in [1.807, 2.05) is 30.0 Å². The van der Waals surface area contributed by atoms with Gasteiger partial charge in [-0.1, -0.05) is 18.2 Å². The van der Waals surface area contributed by atoms with Gasteiger partial charge in [0.1, 0.15) is 18.4 Å². The van der Waals surface area contributed by atoms with Crippen LogP contribution in [0.1, 0.15) is 22.9 Å². The number of guanidine groups is 1. The number of carbonyl (C=O) groups excluding carboxylic acids is 1. The van der Waals surface area contributed by atoms with Crippen molar-refractivity contribution in [3.63, 3.8) is 0 Å². The Morgan fingerprint density at radius 3 is 2.97 bits per heavy atom. The van der Waals surface area contributed by atoms with Crippen LogP contribution in [0.15, 0.2) is 40.7 Å². The Bertz CT molecular complexity index is 845. The van der Waals surface area contributed by atoms with Gasteiger partial charge in [-0.05, 0) is 42.0 Å². The summed E-state index contributed by atoms with van der Waals surface area (Å²) in [5, 5.41) is 8.63. The molecule has 2 aliphatic heterocycles. The minimum absolute atomic E-state index is 0. The van der Waals surface area contributed by atoms with Gasteiger partial charge in [-0.25, -0.2) is 4.99 Å². The van der Waals surface area contributed by atoms with E-state index < -0.39 is 0 Å². The number of rotatable bonds is 5. The Morgan fingerprint density at radius 2 is 2.14 bits per heavy atom. The molecule has 0 spiro atoms. The highest BCUT2D eigenvalue weighted by atomic mass is 127. The highest BCUT2D eigenvalue weighted by Crippen LogP contribution is 2.27. The molecule has 1 aromatic carbocycles. The molecule has 8 heteroatoms. The number of thiophene rings is 1. The van der Waals surface area contributed by atoms with E-state index >= 15 is 0 Å². The molecule has 1 aromatic heterocycles. The second kappa shape index (κ2) is 10.3. The fourth-order valence-corrected chi connectivity index (χ4v) is 4.52. The maximum absolute atomic E-state index is 12.6. The average molecular weight is 526 g/mol. The van der Waals surface area contributed by atoms with Gasteiger partial charge in [0, 0.05) is 30.9 Å². The summed E-state index contributed by atoms with van der Waals surface area (Å²) in [5.41, 5.74) is 2.51. The zero-order valence-corrected chi connectivity index (χ0v) is 19.7. The second-order valence-corrected chi connectivity index (χ2v) is 8.06. The first-order valence-electron chi connectivity index (χ1n) is 9.82. The third-order valence-electron chi connectivity index (χ3n) is 5.09. The lowest BCUT2D eigenvalue weighted by Crippen LogP contribution is -2.43. The zero-order chi connectivity index (χ0) is 19.3. The third kappa shape index (κ3) is 5.42. The van der Waals surface area contributed by atoms with Crippen molar-refractivity contribution in [3.05, 3.63) is 51.7 Å². The average Bonchev–Trinajstić information content (AvgIpc) is 3.35. The van der Waals surface area contributed by atoms with Crippen molar-refractivity contribution in [1.82, 2.24) is 15.5 Å². The lowest BCUT2D eigenvalue weighted by atomic mass is 10.1. The van der Waals surface area contributed by atoms with Crippen LogP contribution in [0.5, 0.6) is 5.75 Å². The van der Waals surface area contributed by atoms with Gasteiger partial charge in [-0.3, -0.25) is 4.79 Å². The predicted octanol–water partition coefficient (Wildman–Crippen LogP) is 2.81. The number of fused-ring (bicyclic) bond motifs is 2. The van der Waals surface area contributed by atoms with Gasteiger partial charge in [0.15, 0.2) is 5.96 Å². The molecular formula is C21H27IN4O2S. The largest absolute Gasteiger partial charge is 0.488 e. The molecular weight excluding hydrogens is 499 g/mol. The molecule has 1 atom stereocenters. The van der Waals surface area contributed by atoms with E-state index in [-0.39, 0.29) is 42.5 Å². The van der Waals surface area contributed by atoms with Gasteiger partial charge in [0.25, 0.3) is 0 Å². The number of halogens is 1. The maximum atomic E-state index is 12.6. The van der Waals surface area contributed by atoms with E-state index in [9.17, 15) is 4.79 Å². The first kappa shape index (κ1) is 21.9. The van der Waals surface area contributed by atoms with E-state index in [0.29, 0.717) is 19.0 Å². The molecule has 2 N–H and O–H groups in total. The first-order chi connectivity index (χ1) is 13.7. The van der Waals surface area contributed by atoms with E-state index in [4.69, 9.17) is 4.74 Å². The summed E-state index contributed by atoms with van der Waals surface area (Å²) in [4.78, 5) is 20.4. The zero-order valence-electron chi connectivity index (χ0n) is 16.5. The van der Waals surface area contributed by atoms with Crippen LogP contribution in [-0.2, 0) is 24.2 Å². The molecule has 6 nitrogen and oxygen atoms in total. The van der Waals surface area contributed by atoms with Crippen molar-refractivity contribution in [2.75, 3.05) is 26.2 Å².